The number of likely N-dealkylation sites (tertiary alicyclic amines) is 1. The van der Waals surface area contributed by atoms with Crippen LogP contribution in [0.1, 0.15) is 47.4 Å². The fraction of sp³-hybridized carbons (Fsp3) is 0.267. The van der Waals surface area contributed by atoms with E-state index in [2.05, 4.69) is 48.2 Å². The van der Waals surface area contributed by atoms with Crippen LogP contribution in [0.25, 0.3) is 5.76 Å². The molecule has 0 bridgehead atoms. The number of fused-ring (bicyclic) bond motifs is 1. The zero-order valence-corrected chi connectivity index (χ0v) is 21.4. The lowest BCUT2D eigenvalue weighted by Gasteiger charge is -2.26. The molecule has 2 aliphatic rings. The fourth-order valence-electron chi connectivity index (χ4n) is 4.87. The molecule has 0 aliphatic carbocycles. The molecule has 0 saturated carbocycles. The molecular weight excluding hydrogens is 480 g/mol. The molecule has 1 unspecified atom stereocenters. The summed E-state index contributed by atoms with van der Waals surface area (Å²) < 4.78 is 20.3. The molecule has 1 saturated heterocycles. The summed E-state index contributed by atoms with van der Waals surface area (Å²) in [4.78, 5) is 2.48. The zero-order valence-electron chi connectivity index (χ0n) is 19.8. The largest absolute Gasteiger partial charge is 0.455 e. The molecule has 0 aromatic heterocycles. The van der Waals surface area contributed by atoms with Gasteiger partial charge in [0.1, 0.15) is 11.6 Å². The van der Waals surface area contributed by atoms with Gasteiger partial charge in [0.25, 0.3) is 0 Å². The molecule has 5 heteroatoms. The highest BCUT2D eigenvalue weighted by molar-refractivity contribution is 6.35. The topological polar surface area (TPSA) is 12.5 Å². The molecule has 3 aromatic carbocycles. The van der Waals surface area contributed by atoms with Crippen LogP contribution in [-0.4, -0.2) is 24.5 Å². The molecule has 2 aliphatic heterocycles. The Bertz CT molecular complexity index is 1210. The molecule has 5 rings (SSSR count). The first-order valence-corrected chi connectivity index (χ1v) is 12.4. The van der Waals surface area contributed by atoms with E-state index in [1.807, 2.05) is 30.3 Å². The van der Waals surface area contributed by atoms with Crippen molar-refractivity contribution >= 4 is 29.8 Å². The van der Waals surface area contributed by atoms with E-state index < -0.39 is 0 Å². The maximum Gasteiger partial charge on any atom is 0.153 e. The number of rotatable bonds is 4. The predicted molar refractivity (Wildman–Crippen MR) is 145 cm³/mol. The number of ether oxygens (including phenoxy) is 1. The minimum atomic E-state index is -0.247. The van der Waals surface area contributed by atoms with Crippen molar-refractivity contribution in [1.29, 1.82) is 0 Å². The van der Waals surface area contributed by atoms with Gasteiger partial charge in [-0.25, -0.2) is 4.39 Å². The van der Waals surface area contributed by atoms with E-state index in [-0.39, 0.29) is 24.1 Å². The summed E-state index contributed by atoms with van der Waals surface area (Å²) >= 11 is 7.20. The van der Waals surface area contributed by atoms with E-state index in [4.69, 9.17) is 16.3 Å². The molecule has 2 heterocycles. The molecule has 3 aromatic rings. The number of hydrogen-bond acceptors (Lipinski definition) is 2. The summed E-state index contributed by atoms with van der Waals surface area (Å²) in [6.07, 6.45) is 6.01. The highest BCUT2D eigenvalue weighted by Crippen LogP contribution is 2.47. The number of piperidine rings is 1. The van der Waals surface area contributed by atoms with E-state index in [1.165, 1.54) is 37.0 Å². The summed E-state index contributed by atoms with van der Waals surface area (Å²) in [7, 11) is 0. The van der Waals surface area contributed by atoms with Crippen LogP contribution >= 0.6 is 24.0 Å². The van der Waals surface area contributed by atoms with E-state index in [0.29, 0.717) is 10.8 Å². The molecule has 0 amide bonds. The molecule has 0 radical (unpaired) electrons. The highest BCUT2D eigenvalue weighted by atomic mass is 35.5. The Morgan fingerprint density at radius 3 is 2.34 bits per heavy atom. The van der Waals surface area contributed by atoms with Gasteiger partial charge in [-0.05, 0) is 62.2 Å². The number of para-hydroxylation sites is 1. The van der Waals surface area contributed by atoms with Gasteiger partial charge in [-0.2, -0.15) is 0 Å². The van der Waals surface area contributed by atoms with E-state index in [1.54, 1.807) is 0 Å². The lowest BCUT2D eigenvalue weighted by molar-refractivity contribution is 0.251. The first-order valence-electron chi connectivity index (χ1n) is 12.0. The zero-order chi connectivity index (χ0) is 23.5. The minimum Gasteiger partial charge on any atom is -0.455 e. The predicted octanol–water partition coefficient (Wildman–Crippen LogP) is 8.10. The van der Waals surface area contributed by atoms with Gasteiger partial charge in [0.2, 0.25) is 0 Å². The number of allylic oxidation sites excluding steroid dienone is 2. The van der Waals surface area contributed by atoms with Gasteiger partial charge < -0.3 is 4.74 Å². The van der Waals surface area contributed by atoms with Crippen molar-refractivity contribution in [3.63, 3.8) is 0 Å². The SMILES string of the molecule is Cc1ccc(C2=C(Cl)/C(=C\CN3CCCCC3)C(c3ccc(F)cc3)c3ccccc3O2)cc1.Cl. The van der Waals surface area contributed by atoms with Crippen LogP contribution in [-0.2, 0) is 0 Å². The van der Waals surface area contributed by atoms with Crippen molar-refractivity contribution in [2.75, 3.05) is 19.6 Å². The minimum absolute atomic E-state index is 0. The first kappa shape index (κ1) is 25.5. The number of nitrogens with zero attached hydrogens (tertiary/aromatic N) is 1. The van der Waals surface area contributed by atoms with Crippen LogP contribution in [0.3, 0.4) is 0 Å². The van der Waals surface area contributed by atoms with Gasteiger partial charge in [-0.15, -0.1) is 12.4 Å². The van der Waals surface area contributed by atoms with E-state index in [9.17, 15) is 4.39 Å². The molecule has 2 nitrogen and oxygen atoms in total. The second-order valence-corrected chi connectivity index (χ2v) is 9.53. The van der Waals surface area contributed by atoms with Crippen LogP contribution in [0, 0.1) is 12.7 Å². The maximum absolute atomic E-state index is 13.8. The number of benzene rings is 3. The van der Waals surface area contributed by atoms with Crippen molar-refractivity contribution in [2.45, 2.75) is 32.1 Å². The summed E-state index contributed by atoms with van der Waals surface area (Å²) in [5.41, 5.74) is 5.14. The summed E-state index contributed by atoms with van der Waals surface area (Å²) in [5.74, 6) is 1.02. The number of hydrogen-bond donors (Lipinski definition) is 0. The Morgan fingerprint density at radius 1 is 0.943 bits per heavy atom. The smallest absolute Gasteiger partial charge is 0.153 e. The van der Waals surface area contributed by atoms with Gasteiger partial charge in [0.15, 0.2) is 5.76 Å². The van der Waals surface area contributed by atoms with Crippen molar-refractivity contribution in [3.8, 4) is 5.75 Å². The van der Waals surface area contributed by atoms with Crippen LogP contribution in [0.2, 0.25) is 0 Å². The third kappa shape index (κ3) is 5.64. The highest BCUT2D eigenvalue weighted by Gasteiger charge is 2.31. The molecule has 1 fully saturated rings. The Morgan fingerprint density at radius 2 is 1.63 bits per heavy atom. The quantitative estimate of drug-likeness (QED) is 0.352. The van der Waals surface area contributed by atoms with Gasteiger partial charge in [0.05, 0.1) is 5.03 Å². The first-order chi connectivity index (χ1) is 16.6. The third-order valence-corrected chi connectivity index (χ3v) is 7.13. The average Bonchev–Trinajstić information content (AvgIpc) is 2.99. The summed E-state index contributed by atoms with van der Waals surface area (Å²) in [6, 6.07) is 23.1. The molecule has 1 atom stereocenters. The van der Waals surface area contributed by atoms with Gasteiger partial charge in [-0.3, -0.25) is 4.90 Å². The molecule has 0 N–H and O–H groups in total. The van der Waals surface area contributed by atoms with Crippen molar-refractivity contribution in [1.82, 2.24) is 4.90 Å². The monoisotopic (exact) mass is 509 g/mol. The molecule has 182 valence electrons. The van der Waals surface area contributed by atoms with Crippen molar-refractivity contribution in [3.05, 3.63) is 118 Å². The van der Waals surface area contributed by atoms with Crippen LogP contribution in [0.5, 0.6) is 5.75 Å². The van der Waals surface area contributed by atoms with E-state index >= 15 is 0 Å². The van der Waals surface area contributed by atoms with Gasteiger partial charge in [-0.1, -0.05) is 84.3 Å². The summed E-state index contributed by atoms with van der Waals surface area (Å²) in [5, 5.41) is 0.603. The lowest BCUT2D eigenvalue weighted by atomic mass is 9.83. The average molecular weight is 510 g/mol. The molecule has 35 heavy (non-hydrogen) atoms. The van der Waals surface area contributed by atoms with Crippen LogP contribution < -0.4 is 4.74 Å². The Kier molecular flexibility index (Phi) is 8.33. The Labute approximate surface area is 218 Å². The van der Waals surface area contributed by atoms with Gasteiger partial charge in [0, 0.05) is 23.6 Å². The van der Waals surface area contributed by atoms with Crippen LogP contribution in [0.4, 0.5) is 4.39 Å². The third-order valence-electron chi connectivity index (χ3n) is 6.74. The van der Waals surface area contributed by atoms with E-state index in [0.717, 1.165) is 47.6 Å². The maximum atomic E-state index is 13.8. The molecular formula is C30H30Cl2FNO. The van der Waals surface area contributed by atoms with Crippen molar-refractivity contribution in [2.24, 2.45) is 0 Å². The van der Waals surface area contributed by atoms with Crippen LogP contribution in [0.15, 0.2) is 89.5 Å². The lowest BCUT2D eigenvalue weighted by Crippen LogP contribution is -2.30. The van der Waals surface area contributed by atoms with Crippen molar-refractivity contribution < 1.29 is 9.13 Å². The fourth-order valence-corrected chi connectivity index (χ4v) is 5.21. The Balaban J connectivity index is 0.00000289. The second kappa shape index (κ2) is 11.4. The Hall–Kier alpha value is -2.59. The van der Waals surface area contributed by atoms with Gasteiger partial charge >= 0.3 is 0 Å². The molecule has 0 spiro atoms. The standard InChI is InChI=1S/C30H29ClFNO.ClH/c1-21-9-11-23(12-10-21)30-29(31)26(17-20-33-18-5-2-6-19-33)28(22-13-15-24(32)16-14-22)25-7-3-4-8-27(25)34-30;/h3-4,7-17,28H,2,5-6,18-20H2,1H3;1H/b26-17-;. The second-order valence-electron chi connectivity index (χ2n) is 9.15. The number of halogens is 3. The summed E-state index contributed by atoms with van der Waals surface area (Å²) in [6.45, 7) is 5.10. The number of aryl methyl sites for hydroxylation is 1. The normalized spacial score (nSPS) is 19.5.